The highest BCUT2D eigenvalue weighted by Crippen LogP contribution is 2.13. The largest absolute Gasteiger partial charge is 0.480 e. The average molecular weight is 187 g/mol. The minimum absolute atomic E-state index is 0.319. The molecule has 0 aromatic carbocycles. The highest BCUT2D eigenvalue weighted by molar-refractivity contribution is 5.73. The minimum Gasteiger partial charge on any atom is -0.480 e. The van der Waals surface area contributed by atoms with Gasteiger partial charge >= 0.3 is 5.97 Å². The first kappa shape index (κ1) is 10.5. The van der Waals surface area contributed by atoms with E-state index in [1.54, 1.807) is 0 Å². The van der Waals surface area contributed by atoms with Crippen molar-refractivity contribution in [2.24, 2.45) is 0 Å². The van der Waals surface area contributed by atoms with E-state index in [1.807, 2.05) is 4.90 Å². The first-order valence-electron chi connectivity index (χ1n) is 4.73. The maximum atomic E-state index is 10.9. The van der Waals surface area contributed by atoms with Gasteiger partial charge in [0.1, 0.15) is 6.04 Å². The molecule has 0 aliphatic carbocycles. The van der Waals surface area contributed by atoms with E-state index in [2.05, 4.69) is 13.8 Å². The van der Waals surface area contributed by atoms with Crippen LogP contribution in [0.4, 0.5) is 0 Å². The molecule has 4 nitrogen and oxygen atoms in total. The van der Waals surface area contributed by atoms with Gasteiger partial charge in [-0.1, -0.05) is 6.92 Å². The Balaban J connectivity index is 2.61. The van der Waals surface area contributed by atoms with Gasteiger partial charge in [-0.15, -0.1) is 0 Å². The molecule has 13 heavy (non-hydrogen) atoms. The van der Waals surface area contributed by atoms with Crippen LogP contribution in [0.25, 0.3) is 0 Å². The molecular formula is C9H17NO3. The summed E-state index contributed by atoms with van der Waals surface area (Å²) in [5, 5.41) is 8.93. The molecule has 1 aliphatic rings. The van der Waals surface area contributed by atoms with E-state index < -0.39 is 12.0 Å². The van der Waals surface area contributed by atoms with E-state index in [-0.39, 0.29) is 0 Å². The Kier molecular flexibility index (Phi) is 3.69. The molecule has 0 aromatic rings. The standard InChI is InChI=1S/C9H17NO3/c1-3-7(2)10-4-5-13-6-8(10)9(11)12/h7-8H,3-6H2,1-2H3,(H,11,12)/t7-,8?/m0/s1. The summed E-state index contributed by atoms with van der Waals surface area (Å²) in [6.07, 6.45) is 0.976. The van der Waals surface area contributed by atoms with Gasteiger partial charge in [-0.25, -0.2) is 0 Å². The zero-order valence-electron chi connectivity index (χ0n) is 8.19. The van der Waals surface area contributed by atoms with Crippen LogP contribution in [0.5, 0.6) is 0 Å². The number of carboxylic acid groups (broad SMARTS) is 1. The van der Waals surface area contributed by atoms with Crippen LogP contribution < -0.4 is 0 Å². The summed E-state index contributed by atoms with van der Waals surface area (Å²) >= 11 is 0. The van der Waals surface area contributed by atoms with Crippen molar-refractivity contribution >= 4 is 5.97 Å². The van der Waals surface area contributed by atoms with Gasteiger partial charge in [0.05, 0.1) is 13.2 Å². The third kappa shape index (κ3) is 2.42. The molecule has 76 valence electrons. The molecule has 0 spiro atoms. The number of morpholine rings is 1. The van der Waals surface area contributed by atoms with Crippen LogP contribution in [-0.4, -0.2) is 47.8 Å². The Morgan fingerprint density at radius 3 is 3.00 bits per heavy atom. The van der Waals surface area contributed by atoms with Crippen molar-refractivity contribution in [3.05, 3.63) is 0 Å². The number of hydrogen-bond donors (Lipinski definition) is 1. The van der Waals surface area contributed by atoms with Crippen LogP contribution in [0.2, 0.25) is 0 Å². The van der Waals surface area contributed by atoms with Crippen molar-refractivity contribution in [2.75, 3.05) is 19.8 Å². The van der Waals surface area contributed by atoms with Gasteiger partial charge < -0.3 is 9.84 Å². The van der Waals surface area contributed by atoms with Gasteiger partial charge in [0, 0.05) is 12.6 Å². The third-order valence-electron chi connectivity index (χ3n) is 2.61. The van der Waals surface area contributed by atoms with Gasteiger partial charge in [-0.05, 0) is 13.3 Å². The second-order valence-electron chi connectivity index (χ2n) is 3.42. The van der Waals surface area contributed by atoms with Crippen LogP contribution in [0.3, 0.4) is 0 Å². The molecule has 0 saturated carbocycles. The minimum atomic E-state index is -0.778. The Morgan fingerprint density at radius 2 is 2.46 bits per heavy atom. The van der Waals surface area contributed by atoms with Crippen molar-refractivity contribution < 1.29 is 14.6 Å². The molecule has 1 N–H and O–H groups in total. The number of carbonyl (C=O) groups is 1. The summed E-state index contributed by atoms with van der Waals surface area (Å²) in [6, 6.07) is -0.131. The Labute approximate surface area is 78.5 Å². The molecule has 1 fully saturated rings. The van der Waals surface area contributed by atoms with E-state index >= 15 is 0 Å². The highest BCUT2D eigenvalue weighted by Gasteiger charge is 2.31. The Bertz CT molecular complexity index is 184. The van der Waals surface area contributed by atoms with Gasteiger partial charge in [-0.2, -0.15) is 0 Å². The molecule has 1 heterocycles. The van der Waals surface area contributed by atoms with Crippen LogP contribution in [0, 0.1) is 0 Å². The average Bonchev–Trinajstić information content (AvgIpc) is 2.16. The first-order chi connectivity index (χ1) is 6.16. The predicted molar refractivity (Wildman–Crippen MR) is 48.7 cm³/mol. The van der Waals surface area contributed by atoms with E-state index in [0.717, 1.165) is 13.0 Å². The number of carboxylic acids is 1. The SMILES string of the molecule is CC[C@H](C)N1CCOCC1C(=O)O. The highest BCUT2D eigenvalue weighted by atomic mass is 16.5. The van der Waals surface area contributed by atoms with E-state index in [1.165, 1.54) is 0 Å². The number of nitrogens with zero attached hydrogens (tertiary/aromatic N) is 1. The quantitative estimate of drug-likeness (QED) is 0.701. The maximum absolute atomic E-state index is 10.9. The molecule has 0 radical (unpaired) electrons. The zero-order chi connectivity index (χ0) is 9.84. The van der Waals surface area contributed by atoms with Gasteiger partial charge in [-0.3, -0.25) is 9.69 Å². The summed E-state index contributed by atoms with van der Waals surface area (Å²) < 4.78 is 5.15. The lowest BCUT2D eigenvalue weighted by Gasteiger charge is -2.36. The lowest BCUT2D eigenvalue weighted by Crippen LogP contribution is -2.53. The van der Waals surface area contributed by atoms with Gasteiger partial charge in [0.25, 0.3) is 0 Å². The van der Waals surface area contributed by atoms with Crippen LogP contribution in [0.15, 0.2) is 0 Å². The molecule has 1 rings (SSSR count). The van der Waals surface area contributed by atoms with Crippen LogP contribution >= 0.6 is 0 Å². The summed E-state index contributed by atoms with van der Waals surface area (Å²) in [7, 11) is 0. The molecule has 0 aromatic heterocycles. The van der Waals surface area contributed by atoms with E-state index in [0.29, 0.717) is 19.3 Å². The topological polar surface area (TPSA) is 49.8 Å². The number of rotatable bonds is 3. The first-order valence-corrected chi connectivity index (χ1v) is 4.73. The molecular weight excluding hydrogens is 170 g/mol. The van der Waals surface area contributed by atoms with Gasteiger partial charge in [0.15, 0.2) is 0 Å². The molecule has 0 bridgehead atoms. The van der Waals surface area contributed by atoms with Crippen molar-refractivity contribution in [3.63, 3.8) is 0 Å². The van der Waals surface area contributed by atoms with Crippen LogP contribution in [0.1, 0.15) is 20.3 Å². The van der Waals surface area contributed by atoms with Crippen molar-refractivity contribution in [2.45, 2.75) is 32.4 Å². The number of ether oxygens (including phenoxy) is 1. The monoisotopic (exact) mass is 187 g/mol. The zero-order valence-corrected chi connectivity index (χ0v) is 8.19. The van der Waals surface area contributed by atoms with E-state index in [9.17, 15) is 4.79 Å². The molecule has 0 amide bonds. The normalized spacial score (nSPS) is 27.1. The van der Waals surface area contributed by atoms with Crippen molar-refractivity contribution in [1.82, 2.24) is 4.90 Å². The van der Waals surface area contributed by atoms with Crippen LogP contribution in [-0.2, 0) is 9.53 Å². The molecule has 1 aliphatic heterocycles. The smallest absolute Gasteiger partial charge is 0.323 e. The molecule has 1 saturated heterocycles. The molecule has 4 heteroatoms. The van der Waals surface area contributed by atoms with Crippen molar-refractivity contribution in [3.8, 4) is 0 Å². The summed E-state index contributed by atoms with van der Waals surface area (Å²) in [5.41, 5.74) is 0. The number of aliphatic carboxylic acids is 1. The third-order valence-corrected chi connectivity index (χ3v) is 2.61. The maximum Gasteiger partial charge on any atom is 0.323 e. The fourth-order valence-electron chi connectivity index (χ4n) is 1.59. The summed E-state index contributed by atoms with van der Waals surface area (Å²) in [5.74, 6) is -0.778. The fourth-order valence-corrected chi connectivity index (χ4v) is 1.59. The molecule has 2 atom stereocenters. The predicted octanol–water partition coefficient (Wildman–Crippen LogP) is 0.570. The second-order valence-corrected chi connectivity index (χ2v) is 3.42. The van der Waals surface area contributed by atoms with Crippen molar-refractivity contribution in [1.29, 1.82) is 0 Å². The molecule has 1 unspecified atom stereocenters. The Hall–Kier alpha value is -0.610. The fraction of sp³-hybridized carbons (Fsp3) is 0.889. The Morgan fingerprint density at radius 1 is 1.77 bits per heavy atom. The lowest BCUT2D eigenvalue weighted by atomic mass is 10.1. The lowest BCUT2D eigenvalue weighted by molar-refractivity contribution is -0.151. The summed E-state index contributed by atoms with van der Waals surface area (Å²) in [6.45, 7) is 5.82. The van der Waals surface area contributed by atoms with Gasteiger partial charge in [0.2, 0.25) is 0 Å². The number of hydrogen-bond acceptors (Lipinski definition) is 3. The summed E-state index contributed by atoms with van der Waals surface area (Å²) in [4.78, 5) is 12.9. The van der Waals surface area contributed by atoms with E-state index in [4.69, 9.17) is 9.84 Å². The second kappa shape index (κ2) is 4.58.